The minimum Gasteiger partial charge on any atom is -0.489 e. The molecule has 0 spiro atoms. The summed E-state index contributed by atoms with van der Waals surface area (Å²) in [7, 11) is 0. The molecule has 3 aromatic rings. The van der Waals surface area contributed by atoms with Crippen molar-refractivity contribution in [2.75, 3.05) is 5.32 Å². The van der Waals surface area contributed by atoms with Gasteiger partial charge in [0, 0.05) is 26.3 Å². The molecular formula is C22H16Cl3N3O3. The Labute approximate surface area is 193 Å². The Morgan fingerprint density at radius 1 is 0.903 bits per heavy atom. The molecule has 0 bridgehead atoms. The molecule has 3 rings (SSSR count). The Bertz CT molecular complexity index is 1140. The van der Waals surface area contributed by atoms with E-state index in [1.807, 2.05) is 0 Å². The lowest BCUT2D eigenvalue weighted by Gasteiger charge is -2.08. The van der Waals surface area contributed by atoms with Gasteiger partial charge in [-0.05, 0) is 48.0 Å². The minimum absolute atomic E-state index is 0.261. The molecular weight excluding hydrogens is 461 g/mol. The number of amides is 2. The second kappa shape index (κ2) is 10.8. The number of carbonyl (C=O) groups excluding carboxylic acids is 2. The molecule has 158 valence electrons. The van der Waals surface area contributed by atoms with Crippen molar-refractivity contribution >= 4 is 58.5 Å². The van der Waals surface area contributed by atoms with Crippen LogP contribution in [0.25, 0.3) is 0 Å². The Hall–Kier alpha value is -3.06. The summed E-state index contributed by atoms with van der Waals surface area (Å²) < 4.78 is 5.74. The topological polar surface area (TPSA) is 79.8 Å². The van der Waals surface area contributed by atoms with Crippen LogP contribution in [-0.2, 0) is 16.2 Å². The lowest BCUT2D eigenvalue weighted by Crippen LogP contribution is -2.32. The zero-order chi connectivity index (χ0) is 22.2. The molecule has 0 atom stereocenters. The van der Waals surface area contributed by atoms with Gasteiger partial charge >= 0.3 is 11.8 Å². The van der Waals surface area contributed by atoms with Crippen molar-refractivity contribution in [1.82, 2.24) is 5.43 Å². The second-order valence-electron chi connectivity index (χ2n) is 6.26. The van der Waals surface area contributed by atoms with Crippen LogP contribution in [0.1, 0.15) is 11.1 Å². The minimum atomic E-state index is -0.916. The van der Waals surface area contributed by atoms with E-state index >= 15 is 0 Å². The number of ether oxygens (including phenoxy) is 1. The zero-order valence-electron chi connectivity index (χ0n) is 15.9. The molecule has 0 aromatic heterocycles. The molecule has 0 saturated heterocycles. The Kier molecular flexibility index (Phi) is 7.89. The summed E-state index contributed by atoms with van der Waals surface area (Å²) in [6.07, 6.45) is 1.40. The van der Waals surface area contributed by atoms with E-state index in [4.69, 9.17) is 39.5 Å². The van der Waals surface area contributed by atoms with E-state index in [1.54, 1.807) is 60.7 Å². The van der Waals surface area contributed by atoms with Gasteiger partial charge in [-0.25, -0.2) is 5.43 Å². The number of hydrogen-bond acceptors (Lipinski definition) is 4. The van der Waals surface area contributed by atoms with Gasteiger partial charge in [-0.15, -0.1) is 0 Å². The first-order chi connectivity index (χ1) is 14.9. The fraction of sp³-hybridized carbons (Fsp3) is 0.0455. The number of hydrogen-bond donors (Lipinski definition) is 2. The second-order valence-corrected chi connectivity index (χ2v) is 7.54. The van der Waals surface area contributed by atoms with Crippen LogP contribution in [0.4, 0.5) is 5.69 Å². The van der Waals surface area contributed by atoms with Crippen molar-refractivity contribution in [3.8, 4) is 5.75 Å². The van der Waals surface area contributed by atoms with E-state index in [2.05, 4.69) is 15.8 Å². The summed E-state index contributed by atoms with van der Waals surface area (Å²) in [4.78, 5) is 23.8. The molecule has 3 aromatic carbocycles. The van der Waals surface area contributed by atoms with Crippen LogP contribution in [0.3, 0.4) is 0 Å². The summed E-state index contributed by atoms with van der Waals surface area (Å²) in [5.74, 6) is -1.20. The normalized spacial score (nSPS) is 10.7. The van der Waals surface area contributed by atoms with Crippen LogP contribution in [-0.4, -0.2) is 18.0 Å². The summed E-state index contributed by atoms with van der Waals surface area (Å²) in [6, 6.07) is 18.7. The third kappa shape index (κ3) is 7.00. The van der Waals surface area contributed by atoms with Gasteiger partial charge in [-0.1, -0.05) is 59.1 Å². The van der Waals surface area contributed by atoms with Crippen LogP contribution in [0.5, 0.6) is 5.75 Å². The average molecular weight is 477 g/mol. The first kappa shape index (κ1) is 22.6. The molecule has 2 amide bonds. The van der Waals surface area contributed by atoms with Crippen LogP contribution in [0, 0.1) is 0 Å². The fourth-order valence-corrected chi connectivity index (χ4v) is 3.11. The Morgan fingerprint density at radius 2 is 1.68 bits per heavy atom. The van der Waals surface area contributed by atoms with E-state index in [9.17, 15) is 9.59 Å². The highest BCUT2D eigenvalue weighted by molar-refractivity contribution is 6.39. The number of nitrogens with one attached hydrogen (secondary N) is 2. The number of nitrogens with zero attached hydrogens (tertiary/aromatic N) is 1. The number of rotatable bonds is 6. The van der Waals surface area contributed by atoms with Gasteiger partial charge in [0.1, 0.15) is 12.4 Å². The summed E-state index contributed by atoms with van der Waals surface area (Å²) in [5.41, 5.74) is 4.03. The largest absolute Gasteiger partial charge is 0.489 e. The molecule has 0 aliphatic rings. The van der Waals surface area contributed by atoms with Crippen molar-refractivity contribution in [2.45, 2.75) is 6.61 Å². The zero-order valence-corrected chi connectivity index (χ0v) is 18.2. The molecule has 0 heterocycles. The van der Waals surface area contributed by atoms with Gasteiger partial charge in [0.05, 0.1) is 6.21 Å². The number of hydrazone groups is 1. The first-order valence-electron chi connectivity index (χ1n) is 8.97. The highest BCUT2D eigenvalue weighted by Gasteiger charge is 2.12. The lowest BCUT2D eigenvalue weighted by molar-refractivity contribution is -0.136. The van der Waals surface area contributed by atoms with Crippen LogP contribution < -0.4 is 15.5 Å². The third-order valence-corrected chi connectivity index (χ3v) is 4.76. The monoisotopic (exact) mass is 475 g/mol. The van der Waals surface area contributed by atoms with Gasteiger partial charge in [-0.3, -0.25) is 9.59 Å². The molecule has 0 saturated carbocycles. The highest BCUT2D eigenvalue weighted by Crippen LogP contribution is 2.23. The summed E-state index contributed by atoms with van der Waals surface area (Å²) in [6.45, 7) is 0.261. The van der Waals surface area contributed by atoms with Crippen molar-refractivity contribution < 1.29 is 14.3 Å². The SMILES string of the molecule is O=C(N/N=C\c1cccc(OCc2ccc(Cl)cc2Cl)c1)C(=O)Nc1cccc(Cl)c1. The number of benzene rings is 3. The van der Waals surface area contributed by atoms with Gasteiger partial charge in [0.15, 0.2) is 0 Å². The van der Waals surface area contributed by atoms with Crippen molar-refractivity contribution in [2.24, 2.45) is 5.10 Å². The van der Waals surface area contributed by atoms with E-state index in [1.165, 1.54) is 12.3 Å². The lowest BCUT2D eigenvalue weighted by atomic mass is 10.2. The molecule has 9 heteroatoms. The predicted octanol–water partition coefficient (Wildman–Crippen LogP) is 5.31. The molecule has 0 radical (unpaired) electrons. The number of halogens is 3. The number of carbonyl (C=O) groups is 2. The van der Waals surface area contributed by atoms with E-state index in [-0.39, 0.29) is 6.61 Å². The average Bonchev–Trinajstić information content (AvgIpc) is 2.73. The quantitative estimate of drug-likeness (QED) is 0.287. The van der Waals surface area contributed by atoms with Gasteiger partial charge < -0.3 is 10.1 Å². The standard InChI is InChI=1S/C22H16Cl3N3O3/c23-16-4-2-5-18(10-16)27-21(29)22(30)28-26-12-14-3-1-6-19(9-14)31-13-15-7-8-17(24)11-20(15)25/h1-12H,13H2,(H,27,29)(H,28,30)/b26-12-. The molecule has 0 aliphatic heterocycles. The Balaban J connectivity index is 1.53. The predicted molar refractivity (Wildman–Crippen MR) is 123 cm³/mol. The van der Waals surface area contributed by atoms with Crippen molar-refractivity contribution in [1.29, 1.82) is 0 Å². The maximum Gasteiger partial charge on any atom is 0.329 e. The molecule has 31 heavy (non-hydrogen) atoms. The highest BCUT2D eigenvalue weighted by atomic mass is 35.5. The van der Waals surface area contributed by atoms with Gasteiger partial charge in [0.2, 0.25) is 0 Å². The van der Waals surface area contributed by atoms with Crippen molar-refractivity contribution in [3.63, 3.8) is 0 Å². The Morgan fingerprint density at radius 3 is 2.45 bits per heavy atom. The smallest absolute Gasteiger partial charge is 0.329 e. The van der Waals surface area contributed by atoms with Crippen LogP contribution in [0.2, 0.25) is 15.1 Å². The maximum absolute atomic E-state index is 11.9. The van der Waals surface area contributed by atoms with E-state index in [0.717, 1.165) is 5.56 Å². The van der Waals surface area contributed by atoms with Crippen LogP contribution in [0.15, 0.2) is 71.8 Å². The molecule has 0 fully saturated rings. The molecule has 6 nitrogen and oxygen atoms in total. The molecule has 0 unspecified atom stereocenters. The first-order valence-corrected chi connectivity index (χ1v) is 10.1. The molecule has 2 N–H and O–H groups in total. The van der Waals surface area contributed by atoms with Gasteiger partial charge in [-0.2, -0.15) is 5.10 Å². The molecule has 0 aliphatic carbocycles. The fourth-order valence-electron chi connectivity index (χ4n) is 2.45. The summed E-state index contributed by atoms with van der Waals surface area (Å²) in [5, 5.41) is 7.74. The maximum atomic E-state index is 11.9. The summed E-state index contributed by atoms with van der Waals surface area (Å²) >= 11 is 17.9. The van der Waals surface area contributed by atoms with Crippen LogP contribution >= 0.6 is 34.8 Å². The van der Waals surface area contributed by atoms with E-state index < -0.39 is 11.8 Å². The number of anilines is 1. The van der Waals surface area contributed by atoms with Gasteiger partial charge in [0.25, 0.3) is 0 Å². The third-order valence-electron chi connectivity index (χ3n) is 3.94. The van der Waals surface area contributed by atoms with Crippen molar-refractivity contribution in [3.05, 3.63) is 92.9 Å². The van der Waals surface area contributed by atoms with E-state index in [0.29, 0.717) is 32.1 Å².